The Morgan fingerprint density at radius 2 is 2.18 bits per heavy atom. The van der Waals surface area contributed by atoms with Crippen LogP contribution in [0.5, 0.6) is 0 Å². The Labute approximate surface area is 102 Å². The highest BCUT2D eigenvalue weighted by Gasteiger charge is 2.15. The molecule has 2 rings (SSSR count). The largest absolute Gasteiger partial charge is 0.460 e. The van der Waals surface area contributed by atoms with Gasteiger partial charge in [0.1, 0.15) is 11.5 Å². The van der Waals surface area contributed by atoms with Gasteiger partial charge in [-0.1, -0.05) is 13.8 Å². The summed E-state index contributed by atoms with van der Waals surface area (Å²) in [7, 11) is 3.85. The van der Waals surface area contributed by atoms with Crippen molar-refractivity contribution < 1.29 is 4.42 Å². The van der Waals surface area contributed by atoms with Gasteiger partial charge in [0.15, 0.2) is 0 Å². The first-order chi connectivity index (χ1) is 8.11. The first kappa shape index (κ1) is 11.9. The third-order valence-corrected chi connectivity index (χ3v) is 2.68. The van der Waals surface area contributed by atoms with E-state index in [2.05, 4.69) is 24.3 Å². The average molecular weight is 233 g/mol. The number of aromatic nitrogens is 2. The van der Waals surface area contributed by atoms with Gasteiger partial charge in [0.25, 0.3) is 0 Å². The number of nitrogens with zero attached hydrogens (tertiary/aromatic N) is 2. The first-order valence-corrected chi connectivity index (χ1v) is 5.89. The van der Waals surface area contributed by atoms with Crippen LogP contribution in [0.3, 0.4) is 0 Å². The molecule has 0 aliphatic rings. The molecule has 2 aromatic rings. The molecule has 0 amide bonds. The summed E-state index contributed by atoms with van der Waals surface area (Å²) in [6.45, 7) is 5.03. The van der Waals surface area contributed by atoms with Crippen molar-refractivity contribution in [3.05, 3.63) is 29.8 Å². The molecule has 4 heteroatoms. The molecule has 0 fully saturated rings. The molecule has 1 N–H and O–H groups in total. The minimum Gasteiger partial charge on any atom is -0.460 e. The molecule has 17 heavy (non-hydrogen) atoms. The zero-order valence-corrected chi connectivity index (χ0v) is 10.8. The fraction of sp³-hybridized carbons (Fsp3) is 0.462. The molecular weight excluding hydrogens is 214 g/mol. The minimum absolute atomic E-state index is 0.393. The molecule has 2 aromatic heterocycles. The maximum atomic E-state index is 5.80. The second kappa shape index (κ2) is 4.75. The molecule has 0 aliphatic carbocycles. The second-order valence-corrected chi connectivity index (χ2v) is 4.55. The average Bonchev–Trinajstić information content (AvgIpc) is 2.85. The Balaban J connectivity index is 2.37. The van der Waals surface area contributed by atoms with E-state index in [4.69, 9.17) is 4.42 Å². The molecule has 4 nitrogen and oxygen atoms in total. The summed E-state index contributed by atoms with van der Waals surface area (Å²) in [5.41, 5.74) is 2.17. The SMILES string of the molecule is CNCc1ccc(-c2cn(C)nc2C(C)C)o1. The van der Waals surface area contributed by atoms with E-state index in [1.807, 2.05) is 37.1 Å². The van der Waals surface area contributed by atoms with E-state index in [1.54, 1.807) is 0 Å². The van der Waals surface area contributed by atoms with Gasteiger partial charge in [-0.25, -0.2) is 0 Å². The van der Waals surface area contributed by atoms with Crippen molar-refractivity contribution in [3.8, 4) is 11.3 Å². The molecule has 92 valence electrons. The number of nitrogens with one attached hydrogen (secondary N) is 1. The van der Waals surface area contributed by atoms with Gasteiger partial charge in [-0.15, -0.1) is 0 Å². The van der Waals surface area contributed by atoms with Gasteiger partial charge in [0, 0.05) is 13.2 Å². The third-order valence-electron chi connectivity index (χ3n) is 2.68. The summed E-state index contributed by atoms with van der Waals surface area (Å²) >= 11 is 0. The highest BCUT2D eigenvalue weighted by Crippen LogP contribution is 2.29. The molecule has 0 aromatic carbocycles. The summed E-state index contributed by atoms with van der Waals surface area (Å²) in [5, 5.41) is 7.56. The van der Waals surface area contributed by atoms with Crippen LogP contribution < -0.4 is 5.32 Å². The van der Waals surface area contributed by atoms with Crippen molar-refractivity contribution in [2.24, 2.45) is 7.05 Å². The Morgan fingerprint density at radius 3 is 2.82 bits per heavy atom. The second-order valence-electron chi connectivity index (χ2n) is 4.55. The molecule has 0 bridgehead atoms. The van der Waals surface area contributed by atoms with Gasteiger partial charge in [0.2, 0.25) is 0 Å². The number of rotatable bonds is 4. The van der Waals surface area contributed by atoms with E-state index in [9.17, 15) is 0 Å². The summed E-state index contributed by atoms with van der Waals surface area (Å²) in [5.74, 6) is 2.23. The summed E-state index contributed by atoms with van der Waals surface area (Å²) < 4.78 is 7.64. The van der Waals surface area contributed by atoms with Crippen molar-refractivity contribution in [2.75, 3.05) is 7.05 Å². The Bertz CT molecular complexity index is 496. The lowest BCUT2D eigenvalue weighted by molar-refractivity contribution is 0.506. The zero-order chi connectivity index (χ0) is 12.4. The standard InChI is InChI=1S/C13H19N3O/c1-9(2)13-11(8-16(4)15-13)12-6-5-10(17-12)7-14-3/h5-6,8-9,14H,7H2,1-4H3. The molecule has 0 spiro atoms. The lowest BCUT2D eigenvalue weighted by Crippen LogP contribution is -2.03. The third kappa shape index (κ3) is 2.42. The fourth-order valence-corrected chi connectivity index (χ4v) is 1.91. The maximum absolute atomic E-state index is 5.80. The van der Waals surface area contributed by atoms with Crippen molar-refractivity contribution in [2.45, 2.75) is 26.3 Å². The summed E-state index contributed by atoms with van der Waals surface area (Å²) in [6.07, 6.45) is 2.01. The molecule has 0 saturated heterocycles. The van der Waals surface area contributed by atoms with Gasteiger partial charge < -0.3 is 9.73 Å². The van der Waals surface area contributed by atoms with Crippen LogP contribution in [0.2, 0.25) is 0 Å². The van der Waals surface area contributed by atoms with Gasteiger partial charge >= 0.3 is 0 Å². The van der Waals surface area contributed by atoms with Gasteiger partial charge in [-0.2, -0.15) is 5.10 Å². The van der Waals surface area contributed by atoms with Crippen LogP contribution in [0, 0.1) is 0 Å². The van der Waals surface area contributed by atoms with E-state index in [-0.39, 0.29) is 0 Å². The molecule has 0 atom stereocenters. The Hall–Kier alpha value is -1.55. The van der Waals surface area contributed by atoms with Crippen LogP contribution in [0.4, 0.5) is 0 Å². The lowest BCUT2D eigenvalue weighted by atomic mass is 10.1. The molecule has 0 unspecified atom stereocenters. The summed E-state index contributed by atoms with van der Waals surface area (Å²) in [6, 6.07) is 4.01. The monoisotopic (exact) mass is 233 g/mol. The topological polar surface area (TPSA) is 43.0 Å². The molecular formula is C13H19N3O. The van der Waals surface area contributed by atoms with Crippen LogP contribution in [-0.4, -0.2) is 16.8 Å². The Morgan fingerprint density at radius 1 is 1.41 bits per heavy atom. The Kier molecular flexibility index (Phi) is 3.33. The van der Waals surface area contributed by atoms with Crippen molar-refractivity contribution in [3.63, 3.8) is 0 Å². The normalized spacial score (nSPS) is 11.4. The van der Waals surface area contributed by atoms with E-state index in [1.165, 1.54) is 0 Å². The molecule has 0 radical (unpaired) electrons. The van der Waals surface area contributed by atoms with E-state index in [0.717, 1.165) is 29.3 Å². The van der Waals surface area contributed by atoms with Crippen LogP contribution in [0.15, 0.2) is 22.7 Å². The van der Waals surface area contributed by atoms with Crippen LogP contribution >= 0.6 is 0 Å². The zero-order valence-electron chi connectivity index (χ0n) is 10.8. The van der Waals surface area contributed by atoms with Crippen LogP contribution in [-0.2, 0) is 13.6 Å². The van der Waals surface area contributed by atoms with Crippen LogP contribution in [0.1, 0.15) is 31.2 Å². The predicted octanol–water partition coefficient (Wildman–Crippen LogP) is 2.52. The van der Waals surface area contributed by atoms with Crippen LogP contribution in [0.25, 0.3) is 11.3 Å². The number of hydrogen-bond acceptors (Lipinski definition) is 3. The number of aryl methyl sites for hydroxylation is 1. The smallest absolute Gasteiger partial charge is 0.137 e. The predicted molar refractivity (Wildman–Crippen MR) is 67.8 cm³/mol. The lowest BCUT2D eigenvalue weighted by Gasteiger charge is -2.02. The highest BCUT2D eigenvalue weighted by atomic mass is 16.3. The fourth-order valence-electron chi connectivity index (χ4n) is 1.91. The van der Waals surface area contributed by atoms with Crippen molar-refractivity contribution in [1.29, 1.82) is 0 Å². The van der Waals surface area contributed by atoms with Gasteiger partial charge in [0.05, 0.1) is 17.8 Å². The van der Waals surface area contributed by atoms with Crippen molar-refractivity contribution in [1.82, 2.24) is 15.1 Å². The molecule has 0 saturated carbocycles. The minimum atomic E-state index is 0.393. The van der Waals surface area contributed by atoms with E-state index < -0.39 is 0 Å². The van der Waals surface area contributed by atoms with Gasteiger partial charge in [-0.3, -0.25) is 4.68 Å². The van der Waals surface area contributed by atoms with Gasteiger partial charge in [-0.05, 0) is 25.1 Å². The van der Waals surface area contributed by atoms with Crippen molar-refractivity contribution >= 4 is 0 Å². The summed E-state index contributed by atoms with van der Waals surface area (Å²) in [4.78, 5) is 0. The first-order valence-electron chi connectivity index (χ1n) is 5.89. The maximum Gasteiger partial charge on any atom is 0.137 e. The number of furan rings is 1. The molecule has 0 aliphatic heterocycles. The van der Waals surface area contributed by atoms with E-state index in [0.29, 0.717) is 5.92 Å². The van der Waals surface area contributed by atoms with E-state index >= 15 is 0 Å². The highest BCUT2D eigenvalue weighted by molar-refractivity contribution is 5.60. The molecule has 2 heterocycles. The quantitative estimate of drug-likeness (QED) is 0.882. The number of hydrogen-bond donors (Lipinski definition) is 1.